The van der Waals surface area contributed by atoms with E-state index in [0.29, 0.717) is 18.1 Å². The molecule has 0 saturated carbocycles. The van der Waals surface area contributed by atoms with E-state index in [1.807, 2.05) is 24.3 Å². The third-order valence-electron chi connectivity index (χ3n) is 3.07. The highest BCUT2D eigenvalue weighted by atomic mass is 16.4. The molecule has 108 valence electrons. The number of benzene rings is 1. The summed E-state index contributed by atoms with van der Waals surface area (Å²) in [4.78, 5) is 26.7. The van der Waals surface area contributed by atoms with Gasteiger partial charge in [-0.3, -0.25) is 9.36 Å². The van der Waals surface area contributed by atoms with Gasteiger partial charge in [-0.1, -0.05) is 24.3 Å². The van der Waals surface area contributed by atoms with Gasteiger partial charge in [0.2, 0.25) is 0 Å². The Morgan fingerprint density at radius 3 is 2.52 bits per heavy atom. The van der Waals surface area contributed by atoms with Crippen molar-refractivity contribution in [2.75, 3.05) is 0 Å². The fourth-order valence-corrected chi connectivity index (χ4v) is 2.04. The number of aryl methyl sites for hydroxylation is 2. The molecule has 0 radical (unpaired) electrons. The van der Waals surface area contributed by atoms with Crippen molar-refractivity contribution in [3.8, 4) is 0 Å². The molecule has 1 aromatic heterocycles. The van der Waals surface area contributed by atoms with E-state index in [2.05, 4.69) is 4.98 Å². The van der Waals surface area contributed by atoms with Crippen molar-refractivity contribution in [3.63, 3.8) is 0 Å². The molecule has 0 fully saturated rings. The summed E-state index contributed by atoms with van der Waals surface area (Å²) in [5, 5.41) is 8.58. The van der Waals surface area contributed by atoms with Gasteiger partial charge in [0.1, 0.15) is 5.82 Å². The van der Waals surface area contributed by atoms with E-state index in [-0.39, 0.29) is 5.56 Å². The van der Waals surface area contributed by atoms with E-state index >= 15 is 0 Å². The van der Waals surface area contributed by atoms with Crippen molar-refractivity contribution in [2.45, 2.75) is 20.4 Å². The molecule has 0 unspecified atom stereocenters. The summed E-state index contributed by atoms with van der Waals surface area (Å²) in [6, 6.07) is 8.88. The summed E-state index contributed by atoms with van der Waals surface area (Å²) < 4.78 is 1.61. The Labute approximate surface area is 122 Å². The number of hydrogen-bond donors (Lipinski definition) is 1. The van der Waals surface area contributed by atoms with Crippen LogP contribution in [0.2, 0.25) is 0 Å². The molecule has 0 atom stereocenters. The molecular formula is C16H16N2O3. The van der Waals surface area contributed by atoms with Gasteiger partial charge in [0, 0.05) is 17.8 Å². The summed E-state index contributed by atoms with van der Waals surface area (Å²) in [6.07, 6.45) is 2.62. The van der Waals surface area contributed by atoms with Crippen LogP contribution in [0.5, 0.6) is 0 Å². The first-order chi connectivity index (χ1) is 9.95. The second kappa shape index (κ2) is 6.17. The highest BCUT2D eigenvalue weighted by Crippen LogP contribution is 2.08. The van der Waals surface area contributed by atoms with Crippen molar-refractivity contribution in [1.29, 1.82) is 0 Å². The van der Waals surface area contributed by atoms with E-state index in [0.717, 1.165) is 17.2 Å². The molecule has 0 saturated heterocycles. The summed E-state index contributed by atoms with van der Waals surface area (Å²) in [7, 11) is 0. The number of aliphatic carboxylic acids is 1. The predicted octanol–water partition coefficient (Wildman–Crippen LogP) is 2.01. The van der Waals surface area contributed by atoms with Crippen LogP contribution in [-0.4, -0.2) is 20.6 Å². The molecule has 0 spiro atoms. The van der Waals surface area contributed by atoms with Crippen LogP contribution in [0.1, 0.15) is 22.6 Å². The van der Waals surface area contributed by atoms with Gasteiger partial charge in [-0.15, -0.1) is 0 Å². The molecule has 0 aliphatic carbocycles. The Balaban J connectivity index is 2.21. The first-order valence-corrected chi connectivity index (χ1v) is 6.51. The summed E-state index contributed by atoms with van der Waals surface area (Å²) in [5.41, 5.74) is 2.39. The largest absolute Gasteiger partial charge is 0.478 e. The van der Waals surface area contributed by atoms with E-state index in [9.17, 15) is 9.59 Å². The summed E-state index contributed by atoms with van der Waals surface area (Å²) in [5.74, 6) is -0.304. The van der Waals surface area contributed by atoms with E-state index in [1.54, 1.807) is 18.4 Å². The number of carboxylic acid groups (broad SMARTS) is 1. The minimum Gasteiger partial charge on any atom is -0.478 e. The minimum atomic E-state index is -0.980. The number of hydrogen-bond acceptors (Lipinski definition) is 3. The first kappa shape index (κ1) is 14.7. The number of carbonyl (C=O) groups is 1. The zero-order chi connectivity index (χ0) is 15.4. The molecule has 0 amide bonds. The molecule has 21 heavy (non-hydrogen) atoms. The molecule has 5 nitrogen and oxygen atoms in total. The lowest BCUT2D eigenvalue weighted by Gasteiger charge is -2.09. The highest BCUT2D eigenvalue weighted by molar-refractivity contribution is 5.85. The topological polar surface area (TPSA) is 72.2 Å². The Morgan fingerprint density at radius 2 is 1.95 bits per heavy atom. The molecule has 1 heterocycles. The molecule has 0 bridgehead atoms. The lowest BCUT2D eigenvalue weighted by atomic mass is 10.1. The lowest BCUT2D eigenvalue weighted by Crippen LogP contribution is -2.24. The van der Waals surface area contributed by atoms with Gasteiger partial charge in [0.25, 0.3) is 5.56 Å². The van der Waals surface area contributed by atoms with E-state index in [1.165, 1.54) is 12.1 Å². The molecule has 0 aliphatic heterocycles. The molecule has 2 rings (SSSR count). The van der Waals surface area contributed by atoms with Gasteiger partial charge >= 0.3 is 5.97 Å². The maximum Gasteiger partial charge on any atom is 0.328 e. The Hall–Kier alpha value is -2.69. The van der Waals surface area contributed by atoms with Crippen LogP contribution in [0.3, 0.4) is 0 Å². The molecule has 1 N–H and O–H groups in total. The number of nitrogens with zero attached hydrogens (tertiary/aromatic N) is 2. The van der Waals surface area contributed by atoms with Crippen molar-refractivity contribution in [1.82, 2.24) is 9.55 Å². The van der Waals surface area contributed by atoms with Gasteiger partial charge in [0.15, 0.2) is 0 Å². The third kappa shape index (κ3) is 3.89. The van der Waals surface area contributed by atoms with Crippen LogP contribution < -0.4 is 5.56 Å². The predicted molar refractivity (Wildman–Crippen MR) is 80.2 cm³/mol. The lowest BCUT2D eigenvalue weighted by molar-refractivity contribution is -0.131. The normalized spacial score (nSPS) is 11.0. The van der Waals surface area contributed by atoms with E-state index < -0.39 is 5.97 Å². The smallest absolute Gasteiger partial charge is 0.328 e. The van der Waals surface area contributed by atoms with Gasteiger partial charge in [0.05, 0.1) is 6.54 Å². The van der Waals surface area contributed by atoms with Crippen molar-refractivity contribution in [3.05, 3.63) is 69.4 Å². The Kier molecular flexibility index (Phi) is 4.33. The second-order valence-corrected chi connectivity index (χ2v) is 4.78. The van der Waals surface area contributed by atoms with Gasteiger partial charge < -0.3 is 5.11 Å². The van der Waals surface area contributed by atoms with Gasteiger partial charge in [-0.25, -0.2) is 9.78 Å². The monoisotopic (exact) mass is 284 g/mol. The summed E-state index contributed by atoms with van der Waals surface area (Å²) in [6.45, 7) is 4.04. The Bertz CT molecular complexity index is 743. The zero-order valence-electron chi connectivity index (χ0n) is 11.9. The van der Waals surface area contributed by atoms with Crippen molar-refractivity contribution < 1.29 is 9.90 Å². The molecular weight excluding hydrogens is 268 g/mol. The molecule has 0 aliphatic rings. The van der Waals surface area contributed by atoms with Crippen LogP contribution >= 0.6 is 0 Å². The maximum absolute atomic E-state index is 12.0. The average Bonchev–Trinajstić information content (AvgIpc) is 2.41. The number of aromatic nitrogens is 2. The zero-order valence-corrected chi connectivity index (χ0v) is 11.9. The number of rotatable bonds is 4. The standard InChI is InChI=1S/C16H16N2O3/c1-11-9-15(19)18(12(2)17-11)10-14-5-3-13(4-6-14)7-8-16(20)21/h3-9H,10H2,1-2H3,(H,20,21). The van der Waals surface area contributed by atoms with Gasteiger partial charge in [-0.05, 0) is 31.1 Å². The highest BCUT2D eigenvalue weighted by Gasteiger charge is 2.04. The van der Waals surface area contributed by atoms with Crippen LogP contribution in [0.15, 0.2) is 41.2 Å². The van der Waals surface area contributed by atoms with Crippen LogP contribution in [0, 0.1) is 13.8 Å². The van der Waals surface area contributed by atoms with Crippen LogP contribution in [0.4, 0.5) is 0 Å². The SMILES string of the molecule is Cc1cc(=O)n(Cc2ccc(C=CC(=O)O)cc2)c(C)n1. The fraction of sp³-hybridized carbons (Fsp3) is 0.188. The van der Waals surface area contributed by atoms with Crippen LogP contribution in [0.25, 0.3) is 6.08 Å². The number of carboxylic acids is 1. The quantitative estimate of drug-likeness (QED) is 0.872. The molecule has 1 aromatic carbocycles. The molecule has 5 heteroatoms. The Morgan fingerprint density at radius 1 is 1.29 bits per heavy atom. The fourth-order valence-electron chi connectivity index (χ4n) is 2.04. The third-order valence-corrected chi connectivity index (χ3v) is 3.07. The van der Waals surface area contributed by atoms with Gasteiger partial charge in [-0.2, -0.15) is 0 Å². The van der Waals surface area contributed by atoms with E-state index in [4.69, 9.17) is 5.11 Å². The average molecular weight is 284 g/mol. The summed E-state index contributed by atoms with van der Waals surface area (Å²) >= 11 is 0. The maximum atomic E-state index is 12.0. The van der Waals surface area contributed by atoms with Crippen molar-refractivity contribution in [2.24, 2.45) is 0 Å². The minimum absolute atomic E-state index is 0.0742. The molecule has 2 aromatic rings. The second-order valence-electron chi connectivity index (χ2n) is 4.78. The van der Waals surface area contributed by atoms with Crippen LogP contribution in [-0.2, 0) is 11.3 Å². The van der Waals surface area contributed by atoms with Crippen molar-refractivity contribution >= 4 is 12.0 Å². The first-order valence-electron chi connectivity index (χ1n) is 6.51.